The molecule has 9 heteroatoms. The summed E-state index contributed by atoms with van der Waals surface area (Å²) in [6, 6.07) is 5.43. The lowest BCUT2D eigenvalue weighted by molar-refractivity contribution is -0.126. The molecule has 1 aliphatic heterocycles. The average Bonchev–Trinajstić information content (AvgIpc) is 3.29. The first-order chi connectivity index (χ1) is 12.3. The maximum atomic E-state index is 12.3. The molecular weight excluding hydrogens is 376 g/mol. The molecule has 1 fully saturated rings. The minimum Gasteiger partial charge on any atom is -0.458 e. The number of aliphatic hydroxyl groups is 1. The first-order valence-electron chi connectivity index (χ1n) is 8.38. The third kappa shape index (κ3) is 4.53. The summed E-state index contributed by atoms with van der Waals surface area (Å²) in [6.07, 6.45) is 1.22. The predicted octanol–water partition coefficient (Wildman–Crippen LogP) is 1.83. The second kappa shape index (κ2) is 7.91. The number of amides is 1. The van der Waals surface area contributed by atoms with Crippen LogP contribution in [-0.4, -0.2) is 49.6 Å². The summed E-state index contributed by atoms with van der Waals surface area (Å²) in [5, 5.41) is 16.9. The highest BCUT2D eigenvalue weighted by molar-refractivity contribution is 7.88. The van der Waals surface area contributed by atoms with Crippen LogP contribution in [0, 0.1) is 5.92 Å². The van der Waals surface area contributed by atoms with E-state index >= 15 is 0 Å². The molecule has 0 aromatic carbocycles. The van der Waals surface area contributed by atoms with Gasteiger partial charge in [-0.15, -0.1) is 0 Å². The van der Waals surface area contributed by atoms with Crippen molar-refractivity contribution in [3.05, 3.63) is 34.7 Å². The van der Waals surface area contributed by atoms with Crippen LogP contribution in [0.15, 0.2) is 33.4 Å². The van der Waals surface area contributed by atoms with Gasteiger partial charge < -0.3 is 14.8 Å². The van der Waals surface area contributed by atoms with Gasteiger partial charge in [0.15, 0.2) is 0 Å². The predicted molar refractivity (Wildman–Crippen MR) is 99.1 cm³/mol. The molecular formula is C17H22N2O5S2. The SMILES string of the molecule is CS(=O)(=O)N1CCC(C(=O)NC[C@H](O)c2ccc(-c3ccsc3)o2)CC1. The van der Waals surface area contributed by atoms with Crippen LogP contribution in [0.2, 0.25) is 0 Å². The summed E-state index contributed by atoms with van der Waals surface area (Å²) in [6.45, 7) is 0.755. The van der Waals surface area contributed by atoms with E-state index in [9.17, 15) is 18.3 Å². The monoisotopic (exact) mass is 398 g/mol. The van der Waals surface area contributed by atoms with Crippen molar-refractivity contribution < 1.29 is 22.7 Å². The highest BCUT2D eigenvalue weighted by atomic mass is 32.2. The number of hydrogen-bond acceptors (Lipinski definition) is 6. The molecule has 142 valence electrons. The van der Waals surface area contributed by atoms with Crippen molar-refractivity contribution in [2.24, 2.45) is 5.92 Å². The van der Waals surface area contributed by atoms with E-state index in [-0.39, 0.29) is 18.4 Å². The summed E-state index contributed by atoms with van der Waals surface area (Å²) >= 11 is 1.56. The van der Waals surface area contributed by atoms with Crippen molar-refractivity contribution in [3.8, 4) is 11.3 Å². The fourth-order valence-corrected chi connectivity index (χ4v) is 4.50. The third-order valence-electron chi connectivity index (χ3n) is 4.52. The van der Waals surface area contributed by atoms with Crippen LogP contribution in [0.3, 0.4) is 0 Å². The van der Waals surface area contributed by atoms with Gasteiger partial charge in [0.05, 0.1) is 12.8 Å². The third-order valence-corrected chi connectivity index (χ3v) is 6.51. The molecule has 0 saturated carbocycles. The molecule has 1 atom stereocenters. The molecule has 2 N–H and O–H groups in total. The second-order valence-corrected chi connectivity index (χ2v) is 9.17. The topological polar surface area (TPSA) is 99.9 Å². The number of rotatable bonds is 6. The van der Waals surface area contributed by atoms with Crippen LogP contribution in [0.4, 0.5) is 0 Å². The summed E-state index contributed by atoms with van der Waals surface area (Å²) in [5.74, 6) is 0.679. The Balaban J connectivity index is 1.49. The van der Waals surface area contributed by atoms with E-state index in [2.05, 4.69) is 5.32 Å². The van der Waals surface area contributed by atoms with E-state index in [0.717, 1.165) is 5.56 Å². The van der Waals surface area contributed by atoms with Crippen LogP contribution in [0.1, 0.15) is 24.7 Å². The van der Waals surface area contributed by atoms with E-state index in [1.54, 1.807) is 23.5 Å². The van der Waals surface area contributed by atoms with Gasteiger partial charge in [0, 0.05) is 30.0 Å². The van der Waals surface area contributed by atoms with E-state index in [1.807, 2.05) is 16.8 Å². The summed E-state index contributed by atoms with van der Waals surface area (Å²) in [7, 11) is -3.20. The Morgan fingerprint density at radius 2 is 2.12 bits per heavy atom. The molecule has 0 radical (unpaired) electrons. The second-order valence-electron chi connectivity index (χ2n) is 6.41. The fraction of sp³-hybridized carbons (Fsp3) is 0.471. The van der Waals surface area contributed by atoms with Gasteiger partial charge >= 0.3 is 0 Å². The minimum atomic E-state index is -3.20. The van der Waals surface area contributed by atoms with Crippen molar-refractivity contribution in [2.45, 2.75) is 18.9 Å². The van der Waals surface area contributed by atoms with Gasteiger partial charge in [-0.3, -0.25) is 4.79 Å². The summed E-state index contributed by atoms with van der Waals surface area (Å²) in [4.78, 5) is 12.3. The highest BCUT2D eigenvalue weighted by Crippen LogP contribution is 2.27. The van der Waals surface area contributed by atoms with Crippen molar-refractivity contribution in [1.29, 1.82) is 0 Å². The molecule has 1 aliphatic rings. The number of aliphatic hydroxyl groups excluding tert-OH is 1. The molecule has 2 aromatic rings. The maximum Gasteiger partial charge on any atom is 0.223 e. The van der Waals surface area contributed by atoms with Gasteiger partial charge in [0.1, 0.15) is 17.6 Å². The van der Waals surface area contributed by atoms with Crippen molar-refractivity contribution in [3.63, 3.8) is 0 Å². The van der Waals surface area contributed by atoms with Crippen molar-refractivity contribution >= 4 is 27.3 Å². The zero-order chi connectivity index (χ0) is 18.7. The number of hydrogen-bond donors (Lipinski definition) is 2. The number of thiophene rings is 1. The number of carbonyl (C=O) groups is 1. The lowest BCUT2D eigenvalue weighted by Gasteiger charge is -2.29. The Morgan fingerprint density at radius 3 is 2.73 bits per heavy atom. The van der Waals surface area contributed by atoms with Gasteiger partial charge in [-0.1, -0.05) is 0 Å². The number of nitrogens with zero attached hydrogens (tertiary/aromatic N) is 1. The van der Waals surface area contributed by atoms with E-state index in [0.29, 0.717) is 37.5 Å². The van der Waals surface area contributed by atoms with Crippen LogP contribution in [0.25, 0.3) is 11.3 Å². The fourth-order valence-electron chi connectivity index (χ4n) is 2.98. The molecule has 3 heterocycles. The van der Waals surface area contributed by atoms with Gasteiger partial charge in [-0.05, 0) is 36.4 Å². The van der Waals surface area contributed by atoms with Crippen LogP contribution >= 0.6 is 11.3 Å². The van der Waals surface area contributed by atoms with Gasteiger partial charge in [-0.25, -0.2) is 12.7 Å². The van der Waals surface area contributed by atoms with Gasteiger partial charge in [0.25, 0.3) is 0 Å². The standard InChI is InChI=1S/C17H22N2O5S2/c1-26(22,23)19-7-4-12(5-8-19)17(21)18-10-14(20)16-3-2-15(24-16)13-6-9-25-11-13/h2-3,6,9,11-12,14,20H,4-5,7-8,10H2,1H3,(H,18,21)/t14-/m0/s1. The van der Waals surface area contributed by atoms with E-state index < -0.39 is 16.1 Å². The summed E-state index contributed by atoms with van der Waals surface area (Å²) < 4.78 is 30.0. The molecule has 0 spiro atoms. The Bertz CT molecular complexity index is 836. The Kier molecular flexibility index (Phi) is 5.81. The number of piperidine rings is 1. The first-order valence-corrected chi connectivity index (χ1v) is 11.2. The van der Waals surface area contributed by atoms with Crippen LogP contribution in [0.5, 0.6) is 0 Å². The van der Waals surface area contributed by atoms with E-state index in [1.165, 1.54) is 10.6 Å². The van der Waals surface area contributed by atoms with Gasteiger partial charge in [0.2, 0.25) is 15.9 Å². The molecule has 3 rings (SSSR count). The quantitative estimate of drug-likeness (QED) is 0.773. The Labute approximate surface area is 156 Å². The molecule has 1 amide bonds. The number of sulfonamides is 1. The average molecular weight is 399 g/mol. The zero-order valence-corrected chi connectivity index (χ0v) is 16.1. The molecule has 0 aliphatic carbocycles. The molecule has 1 saturated heterocycles. The van der Waals surface area contributed by atoms with Crippen LogP contribution in [-0.2, 0) is 14.8 Å². The molecule has 0 bridgehead atoms. The number of furan rings is 1. The highest BCUT2D eigenvalue weighted by Gasteiger charge is 2.29. The number of nitrogens with one attached hydrogen (secondary N) is 1. The normalized spacial score (nSPS) is 17.9. The van der Waals surface area contributed by atoms with Gasteiger partial charge in [-0.2, -0.15) is 11.3 Å². The van der Waals surface area contributed by atoms with Crippen molar-refractivity contribution in [1.82, 2.24) is 9.62 Å². The Morgan fingerprint density at radius 1 is 1.38 bits per heavy atom. The molecule has 26 heavy (non-hydrogen) atoms. The van der Waals surface area contributed by atoms with E-state index in [4.69, 9.17) is 4.42 Å². The summed E-state index contributed by atoms with van der Waals surface area (Å²) in [5.41, 5.74) is 0.954. The molecule has 7 nitrogen and oxygen atoms in total. The lowest BCUT2D eigenvalue weighted by Crippen LogP contribution is -2.43. The Hall–Kier alpha value is -1.68. The smallest absolute Gasteiger partial charge is 0.223 e. The molecule has 2 aromatic heterocycles. The first kappa shape index (κ1) is 19.1. The van der Waals surface area contributed by atoms with Crippen molar-refractivity contribution in [2.75, 3.05) is 25.9 Å². The number of carbonyl (C=O) groups excluding carboxylic acids is 1. The largest absolute Gasteiger partial charge is 0.458 e. The molecule has 0 unspecified atom stereocenters. The lowest BCUT2D eigenvalue weighted by atomic mass is 9.97. The minimum absolute atomic E-state index is 0.0573. The zero-order valence-electron chi connectivity index (χ0n) is 14.4. The van der Waals surface area contributed by atoms with Crippen LogP contribution < -0.4 is 5.32 Å². The maximum absolute atomic E-state index is 12.3.